The Kier molecular flexibility index (Phi) is 7.64. The van der Waals surface area contributed by atoms with Gasteiger partial charge in [-0.05, 0) is 48.1 Å². The molecular formula is C23H25F3N2O2S. The summed E-state index contributed by atoms with van der Waals surface area (Å²) in [5.74, 6) is 0.0603. The van der Waals surface area contributed by atoms with E-state index >= 15 is 0 Å². The first kappa shape index (κ1) is 23.2. The molecule has 3 rings (SSSR count). The van der Waals surface area contributed by atoms with E-state index in [1.54, 1.807) is 18.2 Å². The van der Waals surface area contributed by atoms with E-state index in [1.807, 2.05) is 6.07 Å². The molecule has 0 radical (unpaired) electrons. The van der Waals surface area contributed by atoms with Crippen LogP contribution in [0.4, 0.5) is 13.2 Å². The van der Waals surface area contributed by atoms with Crippen LogP contribution in [-0.4, -0.2) is 17.1 Å². The number of alkyl halides is 3. The molecule has 1 aliphatic rings. The van der Waals surface area contributed by atoms with Crippen molar-refractivity contribution in [3.63, 3.8) is 0 Å². The second-order valence-electron chi connectivity index (χ2n) is 7.72. The summed E-state index contributed by atoms with van der Waals surface area (Å²) >= 11 is 1.48. The molecule has 0 heterocycles. The van der Waals surface area contributed by atoms with Gasteiger partial charge in [-0.3, -0.25) is 9.59 Å². The lowest BCUT2D eigenvalue weighted by Gasteiger charge is -2.19. The van der Waals surface area contributed by atoms with Gasteiger partial charge in [0.2, 0.25) is 5.91 Å². The van der Waals surface area contributed by atoms with Crippen molar-refractivity contribution in [2.75, 3.05) is 0 Å². The summed E-state index contributed by atoms with van der Waals surface area (Å²) in [5, 5.41) is 2.31. The maximum absolute atomic E-state index is 13.1. The molecule has 0 bridgehead atoms. The molecule has 2 amide bonds. The molecule has 0 aliphatic heterocycles. The molecule has 1 unspecified atom stereocenters. The molecule has 1 saturated carbocycles. The fourth-order valence-electron chi connectivity index (χ4n) is 3.93. The Hall–Kier alpha value is -2.48. The van der Waals surface area contributed by atoms with Gasteiger partial charge in [0.05, 0.1) is 10.8 Å². The van der Waals surface area contributed by atoms with Crippen LogP contribution in [0.1, 0.15) is 52.7 Å². The van der Waals surface area contributed by atoms with Crippen molar-refractivity contribution in [3.05, 3.63) is 70.8 Å². The number of carbonyl (C=O) groups is 2. The van der Waals surface area contributed by atoms with Crippen molar-refractivity contribution >= 4 is 23.6 Å². The van der Waals surface area contributed by atoms with Crippen LogP contribution in [-0.2, 0) is 23.3 Å². The fourth-order valence-corrected chi connectivity index (χ4v) is 5.19. The summed E-state index contributed by atoms with van der Waals surface area (Å²) in [6.07, 6.45) is -0.246. The number of rotatable bonds is 8. The van der Waals surface area contributed by atoms with E-state index in [2.05, 4.69) is 5.32 Å². The van der Waals surface area contributed by atoms with Crippen LogP contribution in [0, 0.1) is 5.92 Å². The van der Waals surface area contributed by atoms with Crippen LogP contribution >= 0.6 is 11.8 Å². The Balaban J connectivity index is 1.62. The molecule has 2 aromatic carbocycles. The van der Waals surface area contributed by atoms with E-state index in [1.165, 1.54) is 30.0 Å². The third-order valence-electron chi connectivity index (χ3n) is 5.49. The zero-order valence-corrected chi connectivity index (χ0v) is 17.8. The zero-order chi connectivity index (χ0) is 22.4. The molecule has 3 N–H and O–H groups in total. The Labute approximate surface area is 183 Å². The van der Waals surface area contributed by atoms with Gasteiger partial charge in [0.25, 0.3) is 5.91 Å². The molecule has 2 aromatic rings. The summed E-state index contributed by atoms with van der Waals surface area (Å²) < 4.78 is 39.4. The van der Waals surface area contributed by atoms with Gasteiger partial charge in [-0.2, -0.15) is 13.2 Å². The Morgan fingerprint density at radius 1 is 1.10 bits per heavy atom. The molecule has 31 heavy (non-hydrogen) atoms. The van der Waals surface area contributed by atoms with Crippen LogP contribution < -0.4 is 11.1 Å². The fraction of sp³-hybridized carbons (Fsp3) is 0.391. The van der Waals surface area contributed by atoms with Gasteiger partial charge in [0.15, 0.2) is 0 Å². The number of benzene rings is 2. The standard InChI is InChI=1S/C23H25F3N2O2S/c24-23(25,26)19-11-4-3-9-18(19)13-28-22(30)17-10-5-6-15(12-17)14-31-20(21(27)29)16-7-1-2-8-16/h3-6,9-12,16,20H,1-2,7-8,13-14H2,(H2,27,29)(H,28,30). The van der Waals surface area contributed by atoms with E-state index < -0.39 is 17.6 Å². The average molecular weight is 451 g/mol. The van der Waals surface area contributed by atoms with E-state index in [4.69, 9.17) is 5.73 Å². The summed E-state index contributed by atoms with van der Waals surface area (Å²) in [7, 11) is 0. The smallest absolute Gasteiger partial charge is 0.369 e. The van der Waals surface area contributed by atoms with Crippen LogP contribution in [0.3, 0.4) is 0 Å². The third kappa shape index (κ3) is 6.26. The topological polar surface area (TPSA) is 72.2 Å². The first-order chi connectivity index (χ1) is 14.8. The van der Waals surface area contributed by atoms with Gasteiger partial charge < -0.3 is 11.1 Å². The number of nitrogens with one attached hydrogen (secondary N) is 1. The molecule has 0 saturated heterocycles. The quantitative estimate of drug-likeness (QED) is 0.600. The summed E-state index contributed by atoms with van der Waals surface area (Å²) in [6, 6.07) is 12.1. The number of hydrogen-bond acceptors (Lipinski definition) is 3. The van der Waals surface area contributed by atoms with Gasteiger partial charge in [-0.15, -0.1) is 11.8 Å². The number of hydrogen-bond donors (Lipinski definition) is 2. The molecule has 0 spiro atoms. The van der Waals surface area contributed by atoms with Crippen molar-refractivity contribution in [2.45, 2.75) is 49.4 Å². The molecular weight excluding hydrogens is 425 g/mol. The highest BCUT2D eigenvalue weighted by molar-refractivity contribution is 7.99. The van der Waals surface area contributed by atoms with Gasteiger partial charge in [-0.25, -0.2) is 0 Å². The van der Waals surface area contributed by atoms with E-state index in [9.17, 15) is 22.8 Å². The largest absolute Gasteiger partial charge is 0.416 e. The maximum atomic E-state index is 13.1. The predicted octanol–water partition coefficient (Wildman–Crippen LogP) is 4.91. The minimum atomic E-state index is -4.48. The maximum Gasteiger partial charge on any atom is 0.416 e. The minimum absolute atomic E-state index is 0.0101. The molecule has 1 atom stereocenters. The van der Waals surface area contributed by atoms with Crippen molar-refractivity contribution in [3.8, 4) is 0 Å². The summed E-state index contributed by atoms with van der Waals surface area (Å²) in [4.78, 5) is 24.4. The second kappa shape index (κ2) is 10.2. The average Bonchev–Trinajstić information content (AvgIpc) is 3.26. The molecule has 8 heteroatoms. The number of nitrogens with two attached hydrogens (primary N) is 1. The van der Waals surface area contributed by atoms with Gasteiger partial charge in [0, 0.05) is 17.9 Å². The van der Waals surface area contributed by atoms with Crippen molar-refractivity contribution in [1.29, 1.82) is 0 Å². The molecule has 4 nitrogen and oxygen atoms in total. The number of amides is 2. The van der Waals surface area contributed by atoms with Gasteiger partial charge in [-0.1, -0.05) is 43.2 Å². The Bertz CT molecular complexity index is 927. The van der Waals surface area contributed by atoms with Crippen molar-refractivity contribution in [2.24, 2.45) is 11.7 Å². The highest BCUT2D eigenvalue weighted by Gasteiger charge is 2.33. The van der Waals surface area contributed by atoms with E-state index in [-0.39, 0.29) is 23.3 Å². The van der Waals surface area contributed by atoms with Crippen LogP contribution in [0.2, 0.25) is 0 Å². The third-order valence-corrected chi connectivity index (χ3v) is 6.97. The first-order valence-corrected chi connectivity index (χ1v) is 11.2. The zero-order valence-electron chi connectivity index (χ0n) is 17.0. The van der Waals surface area contributed by atoms with Crippen molar-refractivity contribution < 1.29 is 22.8 Å². The molecule has 1 aliphatic carbocycles. The molecule has 0 aromatic heterocycles. The van der Waals surface area contributed by atoms with E-state index in [0.717, 1.165) is 37.3 Å². The SMILES string of the molecule is NC(=O)C(SCc1cccc(C(=O)NCc2ccccc2C(F)(F)F)c1)C1CCCC1. The molecule has 166 valence electrons. The second-order valence-corrected chi connectivity index (χ2v) is 8.85. The van der Waals surface area contributed by atoms with Crippen molar-refractivity contribution in [1.82, 2.24) is 5.32 Å². The lowest BCUT2D eigenvalue weighted by Crippen LogP contribution is -2.31. The normalized spacial score (nSPS) is 15.6. The first-order valence-electron chi connectivity index (χ1n) is 10.2. The highest BCUT2D eigenvalue weighted by atomic mass is 32.2. The molecule has 1 fully saturated rings. The van der Waals surface area contributed by atoms with E-state index in [0.29, 0.717) is 17.2 Å². The summed E-state index contributed by atoms with van der Waals surface area (Å²) in [6.45, 7) is -0.223. The lowest BCUT2D eigenvalue weighted by molar-refractivity contribution is -0.138. The monoisotopic (exact) mass is 450 g/mol. The van der Waals surface area contributed by atoms with Crippen LogP contribution in [0.5, 0.6) is 0 Å². The lowest BCUT2D eigenvalue weighted by atomic mass is 10.0. The van der Waals surface area contributed by atoms with Crippen LogP contribution in [0.25, 0.3) is 0 Å². The van der Waals surface area contributed by atoms with Crippen LogP contribution in [0.15, 0.2) is 48.5 Å². The number of halogens is 3. The Morgan fingerprint density at radius 3 is 2.48 bits per heavy atom. The van der Waals surface area contributed by atoms with Gasteiger partial charge >= 0.3 is 6.18 Å². The predicted molar refractivity (Wildman–Crippen MR) is 115 cm³/mol. The number of thioether (sulfide) groups is 1. The number of carbonyl (C=O) groups excluding carboxylic acids is 2. The minimum Gasteiger partial charge on any atom is -0.369 e. The summed E-state index contributed by atoms with van der Waals surface area (Å²) in [5.41, 5.74) is 6.06. The van der Waals surface area contributed by atoms with Gasteiger partial charge in [0.1, 0.15) is 0 Å². The Morgan fingerprint density at radius 2 is 1.81 bits per heavy atom. The number of primary amides is 1. The highest BCUT2D eigenvalue weighted by Crippen LogP contribution is 2.35.